The van der Waals surface area contributed by atoms with Crippen molar-refractivity contribution in [1.82, 2.24) is 47.5 Å². The van der Waals surface area contributed by atoms with E-state index in [-0.39, 0.29) is 44.3 Å². The van der Waals surface area contributed by atoms with Gasteiger partial charge in [0.2, 0.25) is 47.3 Å². The maximum Gasteiger partial charge on any atom is 0.326 e. The van der Waals surface area contributed by atoms with Gasteiger partial charge < -0.3 is 74.9 Å². The van der Waals surface area contributed by atoms with Crippen LogP contribution in [0.4, 0.5) is 0 Å². The van der Waals surface area contributed by atoms with Gasteiger partial charge in [-0.15, -0.1) is 0 Å². The fourth-order valence-corrected chi connectivity index (χ4v) is 8.77. The van der Waals surface area contributed by atoms with Gasteiger partial charge in [0.15, 0.2) is 0 Å². The Hall–Kier alpha value is -8.67. The number of phenolic OH excluding ortho intramolecular Hbond substituents is 1. The number of H-pyrrole nitrogens is 1. The monoisotopic (exact) mass is 1120 g/mol. The quantitative estimate of drug-likeness (QED) is 0.0253. The molecule has 0 fully saturated rings. The van der Waals surface area contributed by atoms with Crippen molar-refractivity contribution in [3.05, 3.63) is 138 Å². The van der Waals surface area contributed by atoms with Crippen molar-refractivity contribution >= 4 is 64.1 Å². The molecule has 1 aromatic heterocycles. The van der Waals surface area contributed by atoms with Crippen LogP contribution in [0.1, 0.15) is 74.6 Å². The van der Waals surface area contributed by atoms with E-state index in [4.69, 9.17) is 17.2 Å². The molecular weight excluding hydrogens is 1040 g/mol. The zero-order valence-electron chi connectivity index (χ0n) is 45.6. The Morgan fingerprint density at radius 1 is 0.481 bits per heavy atom. The highest BCUT2D eigenvalue weighted by Crippen LogP contribution is 2.20. The number of rotatable bonds is 33. The molecule has 0 aliphatic carbocycles. The van der Waals surface area contributed by atoms with E-state index in [1.165, 1.54) is 26.0 Å². The number of hydrogen-bond acceptors (Lipinski definition) is 13. The standard InChI is InChI=1S/C58H76N12O11/c1-35(61)51(73)68-48(30-38-17-7-4-8-18-38)56(78)69-46(31-39-23-25-41(71)26-24-39)53(75)63-34-50(72)65-49(32-40-33-62-43-20-10-9-19-42(40)43)57(79)70-47(29-37-15-5-3-6-16-37)55(77)64-36(2)52(74)66-44(21-11-13-27-59)54(76)67-45(58(80)81)22-12-14-28-60/h3-10,15-20,23-26,33,35-36,44-49,62,71H,11-14,21-22,27-32,34,59-61H2,1-2H3,(H,63,75)(H,64,77)(H,65,72)(H,66,74)(H,67,76)(H,68,73)(H,69,78)(H,70,79)(H,80,81)/t35-,36-,44-,45-,46-,47-,48-,49-/m0/s1. The van der Waals surface area contributed by atoms with Gasteiger partial charge in [-0.1, -0.05) is 91.0 Å². The van der Waals surface area contributed by atoms with Gasteiger partial charge in [-0.3, -0.25) is 38.4 Å². The van der Waals surface area contributed by atoms with Crippen LogP contribution < -0.4 is 59.7 Å². The predicted molar refractivity (Wildman–Crippen MR) is 303 cm³/mol. The molecule has 0 saturated carbocycles. The molecule has 17 N–H and O–H groups in total. The van der Waals surface area contributed by atoms with E-state index in [1.807, 2.05) is 18.2 Å². The maximum atomic E-state index is 14.7. The van der Waals surface area contributed by atoms with Crippen molar-refractivity contribution in [2.45, 2.75) is 126 Å². The number of amides is 8. The zero-order valence-corrected chi connectivity index (χ0v) is 45.6. The number of benzene rings is 4. The molecule has 8 atom stereocenters. The van der Waals surface area contributed by atoms with Crippen LogP contribution in [0.15, 0.2) is 115 Å². The van der Waals surface area contributed by atoms with Gasteiger partial charge in [0, 0.05) is 42.8 Å². The van der Waals surface area contributed by atoms with Crippen LogP contribution in [-0.4, -0.2) is 136 Å². The van der Waals surface area contributed by atoms with Crippen LogP contribution in [0.2, 0.25) is 0 Å². The molecule has 4 aromatic carbocycles. The number of carboxylic acids is 1. The lowest BCUT2D eigenvalue weighted by Crippen LogP contribution is -2.59. The lowest BCUT2D eigenvalue weighted by atomic mass is 10.0. The number of aromatic amines is 1. The number of aromatic hydroxyl groups is 1. The maximum absolute atomic E-state index is 14.7. The van der Waals surface area contributed by atoms with E-state index in [2.05, 4.69) is 47.5 Å². The molecule has 0 aliphatic rings. The molecular formula is C58H76N12O11. The summed E-state index contributed by atoms with van der Waals surface area (Å²) in [6.07, 6.45) is 3.60. The van der Waals surface area contributed by atoms with E-state index in [0.717, 1.165) is 10.9 Å². The Kier molecular flexibility index (Phi) is 25.3. The minimum Gasteiger partial charge on any atom is -0.508 e. The molecule has 434 valence electrons. The lowest BCUT2D eigenvalue weighted by molar-refractivity contribution is -0.142. The summed E-state index contributed by atoms with van der Waals surface area (Å²) in [5.41, 5.74) is 20.3. The summed E-state index contributed by atoms with van der Waals surface area (Å²) >= 11 is 0. The Morgan fingerprint density at radius 2 is 0.926 bits per heavy atom. The van der Waals surface area contributed by atoms with Crippen molar-refractivity contribution in [3.63, 3.8) is 0 Å². The van der Waals surface area contributed by atoms with Crippen LogP contribution in [-0.2, 0) is 68.8 Å². The van der Waals surface area contributed by atoms with Crippen LogP contribution in [0.5, 0.6) is 5.75 Å². The number of unbranched alkanes of at least 4 members (excludes halogenated alkanes) is 2. The number of carbonyl (C=O) groups is 9. The molecule has 23 nitrogen and oxygen atoms in total. The SMILES string of the molecule is C[C@H](N)C(=O)N[C@@H](Cc1ccccc1)C(=O)N[C@@H](Cc1ccc(O)cc1)C(=O)NCC(=O)N[C@@H](Cc1c[nH]c2ccccc12)C(=O)N[C@@H](Cc1ccccc1)C(=O)N[C@@H](C)C(=O)N[C@@H](CCCCN)C(=O)N[C@@H](CCCCN)C(=O)O. The molecule has 81 heavy (non-hydrogen) atoms. The summed E-state index contributed by atoms with van der Waals surface area (Å²) in [4.78, 5) is 126. The van der Waals surface area contributed by atoms with Gasteiger partial charge in [-0.2, -0.15) is 0 Å². The predicted octanol–water partition coefficient (Wildman–Crippen LogP) is 0.364. The van der Waals surface area contributed by atoms with Crippen LogP contribution in [0.3, 0.4) is 0 Å². The Balaban J connectivity index is 1.35. The number of carbonyl (C=O) groups excluding carboxylic acids is 8. The second-order valence-electron chi connectivity index (χ2n) is 19.9. The second-order valence-corrected chi connectivity index (χ2v) is 19.9. The van der Waals surface area contributed by atoms with E-state index >= 15 is 0 Å². The molecule has 0 radical (unpaired) electrons. The van der Waals surface area contributed by atoms with Gasteiger partial charge in [0.1, 0.15) is 48.0 Å². The molecule has 0 unspecified atom stereocenters. The minimum atomic E-state index is -1.38. The summed E-state index contributed by atoms with van der Waals surface area (Å²) in [7, 11) is 0. The molecule has 0 aliphatic heterocycles. The molecule has 8 amide bonds. The first-order valence-corrected chi connectivity index (χ1v) is 27.0. The van der Waals surface area contributed by atoms with Crippen molar-refractivity contribution < 1.29 is 53.4 Å². The molecule has 0 spiro atoms. The second kappa shape index (κ2) is 32.4. The highest BCUT2D eigenvalue weighted by atomic mass is 16.4. The summed E-state index contributed by atoms with van der Waals surface area (Å²) in [6.45, 7) is 2.81. The highest BCUT2D eigenvalue weighted by Gasteiger charge is 2.33. The third-order valence-corrected chi connectivity index (χ3v) is 13.3. The Labute approximate surface area is 470 Å². The minimum absolute atomic E-state index is 0.0384. The van der Waals surface area contributed by atoms with Gasteiger partial charge in [0.05, 0.1) is 12.6 Å². The normalized spacial score (nSPS) is 14.0. The third kappa shape index (κ3) is 20.8. The first kappa shape index (κ1) is 63.2. The van der Waals surface area contributed by atoms with Crippen molar-refractivity contribution in [2.24, 2.45) is 17.2 Å². The smallest absolute Gasteiger partial charge is 0.326 e. The number of hydrogen-bond donors (Lipinski definition) is 14. The molecule has 5 aromatic rings. The van der Waals surface area contributed by atoms with Crippen molar-refractivity contribution in [3.8, 4) is 5.75 Å². The summed E-state index contributed by atoms with van der Waals surface area (Å²) in [5.74, 6) is -7.34. The van der Waals surface area contributed by atoms with Crippen LogP contribution >= 0.6 is 0 Å². The highest BCUT2D eigenvalue weighted by molar-refractivity contribution is 5.98. The van der Waals surface area contributed by atoms with Crippen LogP contribution in [0.25, 0.3) is 10.9 Å². The zero-order chi connectivity index (χ0) is 58.8. The summed E-state index contributed by atoms with van der Waals surface area (Å²) in [6, 6.07) is 20.9. The topological polar surface area (TPSA) is 384 Å². The molecule has 5 rings (SSSR count). The summed E-state index contributed by atoms with van der Waals surface area (Å²) < 4.78 is 0. The number of nitrogens with one attached hydrogen (secondary N) is 9. The number of aliphatic carboxylic acids is 1. The number of phenols is 1. The summed E-state index contributed by atoms with van der Waals surface area (Å²) in [5, 5.41) is 41.7. The van der Waals surface area contributed by atoms with Gasteiger partial charge >= 0.3 is 5.97 Å². The fourth-order valence-electron chi connectivity index (χ4n) is 8.77. The average Bonchev–Trinajstić information content (AvgIpc) is 4.11. The first-order valence-electron chi connectivity index (χ1n) is 27.0. The Morgan fingerprint density at radius 3 is 1.47 bits per heavy atom. The average molecular weight is 1120 g/mol. The van der Waals surface area contributed by atoms with Gasteiger partial charge in [-0.05, 0) is 106 Å². The van der Waals surface area contributed by atoms with E-state index in [0.29, 0.717) is 61.0 Å². The van der Waals surface area contributed by atoms with Crippen molar-refractivity contribution in [2.75, 3.05) is 19.6 Å². The van der Waals surface area contributed by atoms with Crippen LogP contribution in [0, 0.1) is 0 Å². The van der Waals surface area contributed by atoms with E-state index in [1.54, 1.807) is 85.1 Å². The molecule has 1 heterocycles. The number of fused-ring (bicyclic) bond motifs is 1. The van der Waals surface area contributed by atoms with Gasteiger partial charge in [0.25, 0.3) is 0 Å². The van der Waals surface area contributed by atoms with E-state index in [9.17, 15) is 53.4 Å². The molecule has 0 bridgehead atoms. The van der Waals surface area contributed by atoms with Gasteiger partial charge in [-0.25, -0.2) is 4.79 Å². The number of para-hydroxylation sites is 1. The molecule has 23 heteroatoms. The van der Waals surface area contributed by atoms with Crippen molar-refractivity contribution in [1.29, 1.82) is 0 Å². The largest absolute Gasteiger partial charge is 0.508 e. The number of nitrogens with two attached hydrogens (primary N) is 3. The number of carboxylic acid groups (broad SMARTS) is 1. The lowest BCUT2D eigenvalue weighted by Gasteiger charge is -2.26. The first-order chi connectivity index (χ1) is 38.8. The fraction of sp³-hybridized carbons (Fsp3) is 0.397. The molecule has 0 saturated heterocycles. The van der Waals surface area contributed by atoms with E-state index < -0.39 is 108 Å². The third-order valence-electron chi connectivity index (χ3n) is 13.3. The Bertz CT molecular complexity index is 2890. The number of aromatic nitrogens is 1.